The Bertz CT molecular complexity index is 1420. The monoisotopic (exact) mass is 407 g/mol. The van der Waals surface area contributed by atoms with E-state index in [2.05, 4.69) is 80.2 Å². The standard InChI is InChI=1S/C28H27N2O/c1-6-20-22-10-8-7-9-21(22)17(2)24-26-25-19(11-12-30(26)5)13-18(15-28(3,4)16-29)14-23(25)31-27(20)24/h7-14H,6,15H2,1-5H3/q+1. The van der Waals surface area contributed by atoms with Crippen molar-refractivity contribution in [1.29, 1.82) is 5.26 Å². The molecule has 0 fully saturated rings. The van der Waals surface area contributed by atoms with Crippen LogP contribution in [0.3, 0.4) is 0 Å². The fourth-order valence-electron chi connectivity index (χ4n) is 5.07. The number of fused-ring (bicyclic) bond motifs is 3. The van der Waals surface area contributed by atoms with E-state index in [1.54, 1.807) is 0 Å². The minimum Gasteiger partial charge on any atom is -0.455 e. The molecule has 0 amide bonds. The van der Waals surface area contributed by atoms with E-state index in [0.717, 1.165) is 34.3 Å². The van der Waals surface area contributed by atoms with Gasteiger partial charge in [-0.2, -0.15) is 5.26 Å². The molecule has 0 bridgehead atoms. The quantitative estimate of drug-likeness (QED) is 0.318. The molecule has 0 unspecified atom stereocenters. The lowest BCUT2D eigenvalue weighted by atomic mass is 9.85. The van der Waals surface area contributed by atoms with Crippen molar-refractivity contribution < 1.29 is 9.30 Å². The second-order valence-electron chi connectivity index (χ2n) is 9.31. The summed E-state index contributed by atoms with van der Waals surface area (Å²) in [6.07, 6.45) is 3.73. The number of pyridine rings is 1. The minimum atomic E-state index is -0.420. The van der Waals surface area contributed by atoms with E-state index < -0.39 is 5.41 Å². The molecule has 3 heteroatoms. The van der Waals surface area contributed by atoms with Gasteiger partial charge in [0, 0.05) is 11.6 Å². The van der Waals surface area contributed by atoms with E-state index in [1.807, 2.05) is 13.8 Å². The fourth-order valence-corrected chi connectivity index (χ4v) is 5.07. The molecule has 0 atom stereocenters. The first-order valence-electron chi connectivity index (χ1n) is 10.9. The normalized spacial score (nSPS) is 12.5. The van der Waals surface area contributed by atoms with Crippen LogP contribution in [-0.2, 0) is 19.9 Å². The van der Waals surface area contributed by atoms with Crippen LogP contribution in [0.4, 0.5) is 0 Å². The molecule has 1 aliphatic rings. The number of nitriles is 1. The highest BCUT2D eigenvalue weighted by molar-refractivity contribution is 6.06. The zero-order valence-electron chi connectivity index (χ0n) is 18.8. The lowest BCUT2D eigenvalue weighted by molar-refractivity contribution is -0.659. The van der Waals surface area contributed by atoms with Gasteiger partial charge in [-0.3, -0.25) is 0 Å². The summed E-state index contributed by atoms with van der Waals surface area (Å²) in [5.74, 6) is 1.87. The number of ether oxygens (including phenoxy) is 1. The summed E-state index contributed by atoms with van der Waals surface area (Å²) in [5.41, 5.74) is 5.62. The number of nitrogens with zero attached hydrogens (tertiary/aromatic N) is 2. The van der Waals surface area contributed by atoms with E-state index in [4.69, 9.17) is 4.74 Å². The van der Waals surface area contributed by atoms with Crippen molar-refractivity contribution in [2.45, 2.75) is 40.5 Å². The Morgan fingerprint density at radius 2 is 1.84 bits per heavy atom. The Morgan fingerprint density at radius 1 is 1.10 bits per heavy atom. The van der Waals surface area contributed by atoms with Crippen LogP contribution in [0.25, 0.3) is 32.8 Å². The molecule has 0 spiro atoms. The highest BCUT2D eigenvalue weighted by atomic mass is 16.5. The smallest absolute Gasteiger partial charge is 0.228 e. The summed E-state index contributed by atoms with van der Waals surface area (Å²) in [6, 6.07) is 17.6. The van der Waals surface area contributed by atoms with Gasteiger partial charge in [-0.1, -0.05) is 37.3 Å². The van der Waals surface area contributed by atoms with E-state index in [1.165, 1.54) is 33.2 Å². The third kappa shape index (κ3) is 2.90. The first-order chi connectivity index (χ1) is 14.8. The molecule has 31 heavy (non-hydrogen) atoms. The molecule has 1 aromatic heterocycles. The topological polar surface area (TPSA) is 36.9 Å². The molecular formula is C28H27N2O+. The third-order valence-electron chi connectivity index (χ3n) is 6.54. The summed E-state index contributed by atoms with van der Waals surface area (Å²) in [6.45, 7) is 8.38. The number of hydrogen-bond acceptors (Lipinski definition) is 2. The first-order valence-corrected chi connectivity index (χ1v) is 10.9. The van der Waals surface area contributed by atoms with Crippen LogP contribution in [0, 0.1) is 23.7 Å². The van der Waals surface area contributed by atoms with Crippen LogP contribution in [0.15, 0.2) is 48.7 Å². The minimum absolute atomic E-state index is 0.420. The van der Waals surface area contributed by atoms with Gasteiger partial charge in [-0.25, -0.2) is 4.57 Å². The van der Waals surface area contributed by atoms with E-state index in [-0.39, 0.29) is 0 Å². The summed E-state index contributed by atoms with van der Waals surface area (Å²) in [7, 11) is 2.11. The Morgan fingerprint density at radius 3 is 2.55 bits per heavy atom. The van der Waals surface area contributed by atoms with Gasteiger partial charge in [0.25, 0.3) is 0 Å². The van der Waals surface area contributed by atoms with Gasteiger partial charge < -0.3 is 4.74 Å². The highest BCUT2D eigenvalue weighted by Crippen LogP contribution is 2.51. The molecule has 0 saturated heterocycles. The second kappa shape index (κ2) is 6.82. The molecule has 0 radical (unpaired) electrons. The van der Waals surface area contributed by atoms with Crippen molar-refractivity contribution in [3.63, 3.8) is 0 Å². The number of rotatable bonds is 3. The average Bonchev–Trinajstić information content (AvgIpc) is 2.75. The van der Waals surface area contributed by atoms with Crippen LogP contribution in [0.1, 0.15) is 37.5 Å². The maximum Gasteiger partial charge on any atom is 0.228 e. The summed E-state index contributed by atoms with van der Waals surface area (Å²) >= 11 is 0. The zero-order valence-corrected chi connectivity index (χ0v) is 18.8. The molecule has 0 saturated carbocycles. The van der Waals surface area contributed by atoms with Gasteiger partial charge in [-0.05, 0) is 67.0 Å². The SMILES string of the molecule is CCc1c2c(c(C)c3ccccc13)-c1c3c(cc(CC(C)(C)C#N)cc3cc[n+]1C)O2. The summed E-state index contributed by atoms with van der Waals surface area (Å²) < 4.78 is 8.92. The van der Waals surface area contributed by atoms with Crippen molar-refractivity contribution in [1.82, 2.24) is 0 Å². The molecule has 3 nitrogen and oxygen atoms in total. The van der Waals surface area contributed by atoms with Gasteiger partial charge in [0.05, 0.1) is 22.4 Å². The Balaban J connectivity index is 1.87. The molecule has 0 N–H and O–H groups in total. The molecule has 154 valence electrons. The van der Waals surface area contributed by atoms with Crippen LogP contribution >= 0.6 is 0 Å². The molecule has 2 heterocycles. The van der Waals surface area contributed by atoms with Gasteiger partial charge in [0.1, 0.15) is 18.5 Å². The highest BCUT2D eigenvalue weighted by Gasteiger charge is 2.33. The number of hydrogen-bond donors (Lipinski definition) is 0. The van der Waals surface area contributed by atoms with Crippen molar-refractivity contribution in [2.24, 2.45) is 12.5 Å². The molecule has 0 aliphatic carbocycles. The van der Waals surface area contributed by atoms with Crippen LogP contribution in [0.2, 0.25) is 0 Å². The Hall–Kier alpha value is -3.38. The van der Waals surface area contributed by atoms with Crippen LogP contribution in [-0.4, -0.2) is 0 Å². The van der Waals surface area contributed by atoms with Crippen molar-refractivity contribution >= 4 is 21.5 Å². The maximum absolute atomic E-state index is 9.53. The second-order valence-corrected chi connectivity index (χ2v) is 9.31. The molecule has 4 aromatic rings. The lowest BCUT2D eigenvalue weighted by Gasteiger charge is -2.25. The number of aromatic nitrogens is 1. The number of aryl methyl sites for hydroxylation is 3. The fraction of sp³-hybridized carbons (Fsp3) is 0.286. The van der Waals surface area contributed by atoms with Gasteiger partial charge >= 0.3 is 0 Å². The van der Waals surface area contributed by atoms with Crippen LogP contribution in [0.5, 0.6) is 11.5 Å². The van der Waals surface area contributed by atoms with Crippen molar-refractivity contribution in [2.75, 3.05) is 0 Å². The molecular weight excluding hydrogens is 380 g/mol. The summed E-state index contributed by atoms with van der Waals surface area (Å²) in [4.78, 5) is 0. The van der Waals surface area contributed by atoms with Gasteiger partial charge in [0.15, 0.2) is 6.20 Å². The van der Waals surface area contributed by atoms with Crippen LogP contribution < -0.4 is 9.30 Å². The average molecular weight is 408 g/mol. The lowest BCUT2D eigenvalue weighted by Crippen LogP contribution is -2.32. The first kappa shape index (κ1) is 19.6. The molecule has 5 rings (SSSR count). The Labute approximate surface area is 183 Å². The van der Waals surface area contributed by atoms with Crippen molar-refractivity contribution in [3.05, 3.63) is 65.4 Å². The third-order valence-corrected chi connectivity index (χ3v) is 6.54. The van der Waals surface area contributed by atoms with E-state index in [0.29, 0.717) is 6.42 Å². The van der Waals surface area contributed by atoms with E-state index >= 15 is 0 Å². The van der Waals surface area contributed by atoms with E-state index in [9.17, 15) is 5.26 Å². The molecule has 3 aromatic carbocycles. The predicted molar refractivity (Wildman–Crippen MR) is 125 cm³/mol. The van der Waals surface area contributed by atoms with Gasteiger partial charge in [0.2, 0.25) is 5.69 Å². The van der Waals surface area contributed by atoms with Gasteiger partial charge in [-0.15, -0.1) is 0 Å². The Kier molecular flexibility index (Phi) is 4.31. The largest absolute Gasteiger partial charge is 0.455 e. The zero-order chi connectivity index (χ0) is 21.9. The summed E-state index contributed by atoms with van der Waals surface area (Å²) in [5, 5.41) is 14.4. The number of benzene rings is 3. The predicted octanol–water partition coefficient (Wildman–Crippen LogP) is 6.55. The molecule has 1 aliphatic heterocycles. The maximum atomic E-state index is 9.53. The van der Waals surface area contributed by atoms with Crippen molar-refractivity contribution in [3.8, 4) is 28.8 Å².